The van der Waals surface area contributed by atoms with Crippen molar-refractivity contribution in [2.75, 3.05) is 26.7 Å². The normalized spacial score (nSPS) is 39.0. The summed E-state index contributed by atoms with van der Waals surface area (Å²) < 4.78 is 6.12. The standard InChI is InChI=1S/C20H36N4O.HI/c1-13(2)24-11-14(3)16(12-24)22-19(21-4)23-17-15-7-10-25-18(15)20(17)8-5-6-9-20;/h13-18H,5-12H2,1-4H3,(H2,21,22,23);1H. The van der Waals surface area contributed by atoms with E-state index in [-0.39, 0.29) is 24.0 Å². The van der Waals surface area contributed by atoms with Crippen LogP contribution >= 0.6 is 24.0 Å². The first-order chi connectivity index (χ1) is 12.0. The van der Waals surface area contributed by atoms with Crippen molar-refractivity contribution in [1.29, 1.82) is 0 Å². The molecule has 4 rings (SSSR count). The van der Waals surface area contributed by atoms with Gasteiger partial charge in [-0.2, -0.15) is 0 Å². The fourth-order valence-corrected chi connectivity index (χ4v) is 6.01. The quantitative estimate of drug-likeness (QED) is 0.374. The fraction of sp³-hybridized carbons (Fsp3) is 0.950. The van der Waals surface area contributed by atoms with Crippen LogP contribution in [0.15, 0.2) is 4.99 Å². The highest BCUT2D eigenvalue weighted by atomic mass is 127. The molecule has 2 heterocycles. The predicted octanol–water partition coefficient (Wildman–Crippen LogP) is 2.85. The van der Waals surface area contributed by atoms with Gasteiger partial charge in [0.2, 0.25) is 0 Å². The predicted molar refractivity (Wildman–Crippen MR) is 117 cm³/mol. The Kier molecular flexibility index (Phi) is 6.44. The Morgan fingerprint density at radius 1 is 1.19 bits per heavy atom. The van der Waals surface area contributed by atoms with E-state index >= 15 is 0 Å². The number of likely N-dealkylation sites (tertiary alicyclic amines) is 1. The van der Waals surface area contributed by atoms with Crippen LogP contribution in [0.25, 0.3) is 0 Å². The second-order valence-corrected chi connectivity index (χ2v) is 9.15. The molecule has 5 nitrogen and oxygen atoms in total. The maximum Gasteiger partial charge on any atom is 0.191 e. The number of hydrogen-bond acceptors (Lipinski definition) is 3. The highest BCUT2D eigenvalue weighted by Crippen LogP contribution is 2.60. The number of fused-ring (bicyclic) bond motifs is 2. The highest BCUT2D eigenvalue weighted by molar-refractivity contribution is 14.0. The van der Waals surface area contributed by atoms with Gasteiger partial charge in [-0.25, -0.2) is 0 Å². The summed E-state index contributed by atoms with van der Waals surface area (Å²) in [5.74, 6) is 2.35. The first-order valence-corrected chi connectivity index (χ1v) is 10.4. The van der Waals surface area contributed by atoms with Gasteiger partial charge in [-0.3, -0.25) is 9.89 Å². The molecule has 2 aliphatic heterocycles. The highest BCUT2D eigenvalue weighted by Gasteiger charge is 2.65. The first-order valence-electron chi connectivity index (χ1n) is 10.4. The molecule has 6 heteroatoms. The minimum absolute atomic E-state index is 0. The largest absolute Gasteiger partial charge is 0.377 e. The van der Waals surface area contributed by atoms with Gasteiger partial charge in [0.15, 0.2) is 5.96 Å². The van der Waals surface area contributed by atoms with Crippen molar-refractivity contribution < 1.29 is 4.74 Å². The third-order valence-corrected chi connectivity index (χ3v) is 7.49. The molecule has 26 heavy (non-hydrogen) atoms. The summed E-state index contributed by atoms with van der Waals surface area (Å²) in [5, 5.41) is 7.58. The number of nitrogens with one attached hydrogen (secondary N) is 2. The molecule has 4 aliphatic rings. The molecule has 0 aromatic carbocycles. The Hall–Kier alpha value is -0.0800. The Morgan fingerprint density at radius 2 is 1.92 bits per heavy atom. The van der Waals surface area contributed by atoms with Gasteiger partial charge >= 0.3 is 0 Å². The number of nitrogens with zero attached hydrogens (tertiary/aromatic N) is 2. The summed E-state index contributed by atoms with van der Waals surface area (Å²) in [4.78, 5) is 7.15. The van der Waals surface area contributed by atoms with Gasteiger partial charge in [-0.15, -0.1) is 24.0 Å². The van der Waals surface area contributed by atoms with Crippen LogP contribution in [-0.2, 0) is 4.74 Å². The van der Waals surface area contributed by atoms with E-state index in [1.54, 1.807) is 0 Å². The molecular formula is C20H37IN4O. The molecule has 0 radical (unpaired) electrons. The number of guanidine groups is 1. The average Bonchev–Trinajstić information content (AvgIpc) is 3.30. The molecule has 2 saturated carbocycles. The SMILES string of the molecule is CN=C(NC1CN(C(C)C)CC1C)NC1C2CCOC2C12CCCC2.I. The van der Waals surface area contributed by atoms with Crippen molar-refractivity contribution >= 4 is 29.9 Å². The van der Waals surface area contributed by atoms with E-state index in [1.165, 1.54) is 38.6 Å². The van der Waals surface area contributed by atoms with Crippen LogP contribution in [0.5, 0.6) is 0 Å². The van der Waals surface area contributed by atoms with E-state index in [2.05, 4.69) is 41.3 Å². The molecule has 1 spiro atoms. The zero-order valence-electron chi connectivity index (χ0n) is 16.8. The summed E-state index contributed by atoms with van der Waals surface area (Å²) in [5.41, 5.74) is 0.379. The van der Waals surface area contributed by atoms with E-state index in [4.69, 9.17) is 4.74 Å². The summed E-state index contributed by atoms with van der Waals surface area (Å²) in [6.45, 7) is 10.2. The molecule has 0 aromatic heterocycles. The lowest BCUT2D eigenvalue weighted by Gasteiger charge is -2.57. The monoisotopic (exact) mass is 476 g/mol. The summed E-state index contributed by atoms with van der Waals surface area (Å²) in [7, 11) is 1.91. The van der Waals surface area contributed by atoms with Crippen molar-refractivity contribution in [2.45, 2.75) is 77.1 Å². The molecule has 4 fully saturated rings. The average molecular weight is 476 g/mol. The molecule has 2 N–H and O–H groups in total. The van der Waals surface area contributed by atoms with Crippen molar-refractivity contribution in [3.63, 3.8) is 0 Å². The Morgan fingerprint density at radius 3 is 2.54 bits per heavy atom. The van der Waals surface area contributed by atoms with E-state index in [1.807, 2.05) is 7.05 Å². The lowest BCUT2D eigenvalue weighted by Crippen LogP contribution is -2.69. The maximum atomic E-state index is 6.12. The van der Waals surface area contributed by atoms with E-state index in [9.17, 15) is 0 Å². The van der Waals surface area contributed by atoms with E-state index in [0.717, 1.165) is 19.1 Å². The van der Waals surface area contributed by atoms with Crippen LogP contribution in [-0.4, -0.2) is 61.8 Å². The molecule has 0 aromatic rings. The third kappa shape index (κ3) is 3.39. The summed E-state index contributed by atoms with van der Waals surface area (Å²) in [6, 6.07) is 1.66. The second kappa shape index (κ2) is 8.11. The summed E-state index contributed by atoms with van der Waals surface area (Å²) in [6.07, 6.45) is 7.09. The van der Waals surface area contributed by atoms with Crippen LogP contribution in [0.2, 0.25) is 0 Å². The van der Waals surface area contributed by atoms with Crippen LogP contribution in [0.4, 0.5) is 0 Å². The molecular weight excluding hydrogens is 439 g/mol. The topological polar surface area (TPSA) is 48.9 Å². The van der Waals surface area contributed by atoms with Crippen LogP contribution in [0.1, 0.15) is 52.9 Å². The number of aliphatic imine (C=N–C) groups is 1. The zero-order valence-corrected chi connectivity index (χ0v) is 19.2. The van der Waals surface area contributed by atoms with Crippen molar-refractivity contribution in [1.82, 2.24) is 15.5 Å². The fourth-order valence-electron chi connectivity index (χ4n) is 6.01. The molecule has 0 bridgehead atoms. The molecule has 2 aliphatic carbocycles. The maximum absolute atomic E-state index is 6.12. The van der Waals surface area contributed by atoms with Crippen LogP contribution < -0.4 is 10.6 Å². The van der Waals surface area contributed by atoms with Crippen LogP contribution in [0, 0.1) is 17.3 Å². The summed E-state index contributed by atoms with van der Waals surface area (Å²) >= 11 is 0. The Balaban J connectivity index is 0.00000196. The molecule has 0 amide bonds. The number of rotatable bonds is 3. The van der Waals surface area contributed by atoms with E-state index in [0.29, 0.717) is 41.5 Å². The van der Waals surface area contributed by atoms with Crippen LogP contribution in [0.3, 0.4) is 0 Å². The van der Waals surface area contributed by atoms with Gasteiger partial charge in [-0.05, 0) is 39.0 Å². The molecule has 2 saturated heterocycles. The van der Waals surface area contributed by atoms with Crippen molar-refractivity contribution in [3.05, 3.63) is 0 Å². The Labute approximate surface area is 176 Å². The van der Waals surface area contributed by atoms with Gasteiger partial charge in [0.1, 0.15) is 0 Å². The van der Waals surface area contributed by atoms with Gasteiger partial charge in [0.05, 0.1) is 6.10 Å². The second-order valence-electron chi connectivity index (χ2n) is 9.15. The van der Waals surface area contributed by atoms with Gasteiger partial charge < -0.3 is 15.4 Å². The third-order valence-electron chi connectivity index (χ3n) is 7.49. The minimum Gasteiger partial charge on any atom is -0.377 e. The zero-order chi connectivity index (χ0) is 17.6. The smallest absolute Gasteiger partial charge is 0.191 e. The van der Waals surface area contributed by atoms with Gasteiger partial charge in [0, 0.05) is 56.2 Å². The molecule has 150 valence electrons. The molecule has 5 unspecified atom stereocenters. The van der Waals surface area contributed by atoms with Gasteiger partial charge in [-0.1, -0.05) is 19.8 Å². The van der Waals surface area contributed by atoms with E-state index < -0.39 is 0 Å². The lowest BCUT2D eigenvalue weighted by molar-refractivity contribution is -0.125. The Bertz CT molecular complexity index is 520. The lowest BCUT2D eigenvalue weighted by atomic mass is 9.54. The number of hydrogen-bond donors (Lipinski definition) is 2. The number of ether oxygens (including phenoxy) is 1. The first kappa shape index (κ1) is 20.6. The van der Waals surface area contributed by atoms with Crippen molar-refractivity contribution in [2.24, 2.45) is 22.2 Å². The number of halogens is 1. The van der Waals surface area contributed by atoms with Gasteiger partial charge in [0.25, 0.3) is 0 Å². The molecule has 5 atom stereocenters. The van der Waals surface area contributed by atoms with Crippen molar-refractivity contribution in [3.8, 4) is 0 Å². The minimum atomic E-state index is 0.